The maximum absolute atomic E-state index is 12.3. The third-order valence-electron chi connectivity index (χ3n) is 3.37. The second-order valence-electron chi connectivity index (χ2n) is 4.82. The number of hydrogen-bond donors (Lipinski definition) is 1. The van der Waals surface area contributed by atoms with Gasteiger partial charge in [0, 0.05) is 5.56 Å². The van der Waals surface area contributed by atoms with Crippen LogP contribution in [-0.4, -0.2) is 32.2 Å². The van der Waals surface area contributed by atoms with Crippen LogP contribution in [-0.2, 0) is 0 Å². The average molecular weight is 349 g/mol. The molecule has 1 N–H and O–H groups in total. The Labute approximate surface area is 145 Å². The minimum absolute atomic E-state index is 0.137. The van der Waals surface area contributed by atoms with Crippen molar-refractivity contribution in [3.8, 4) is 23.0 Å². The molecule has 0 bridgehead atoms. The van der Waals surface area contributed by atoms with Crippen molar-refractivity contribution in [2.24, 2.45) is 0 Å². The Balaban J connectivity index is 2.26. The fourth-order valence-electron chi connectivity index (χ4n) is 2.10. The number of allylic oxidation sites excluding steroid dienone is 1. The van der Waals surface area contributed by atoms with E-state index in [1.165, 1.54) is 33.5 Å². The third kappa shape index (κ3) is 3.81. The second-order valence-corrected chi connectivity index (χ2v) is 5.23. The summed E-state index contributed by atoms with van der Waals surface area (Å²) in [6.45, 7) is 0. The van der Waals surface area contributed by atoms with Gasteiger partial charge >= 0.3 is 0 Å². The van der Waals surface area contributed by atoms with Crippen molar-refractivity contribution < 1.29 is 24.1 Å². The molecule has 5 nitrogen and oxygen atoms in total. The first-order chi connectivity index (χ1) is 11.5. The highest BCUT2D eigenvalue weighted by Crippen LogP contribution is 2.35. The molecule has 0 amide bonds. The second kappa shape index (κ2) is 7.75. The summed E-state index contributed by atoms with van der Waals surface area (Å²) in [5, 5.41) is 9.86. The summed E-state index contributed by atoms with van der Waals surface area (Å²) in [6, 6.07) is 8.05. The van der Waals surface area contributed by atoms with Gasteiger partial charge in [0.25, 0.3) is 0 Å². The Hall–Kier alpha value is -2.66. The van der Waals surface area contributed by atoms with Gasteiger partial charge in [0.1, 0.15) is 0 Å². The van der Waals surface area contributed by atoms with E-state index >= 15 is 0 Å². The zero-order chi connectivity index (χ0) is 17.7. The van der Waals surface area contributed by atoms with Gasteiger partial charge in [-0.1, -0.05) is 17.7 Å². The molecule has 0 atom stereocenters. The largest absolute Gasteiger partial charge is 0.503 e. The Kier molecular flexibility index (Phi) is 5.71. The van der Waals surface area contributed by atoms with E-state index in [9.17, 15) is 9.90 Å². The predicted molar refractivity (Wildman–Crippen MR) is 92.6 cm³/mol. The molecule has 6 heteroatoms. The van der Waals surface area contributed by atoms with Crippen LogP contribution < -0.4 is 14.2 Å². The van der Waals surface area contributed by atoms with E-state index in [0.29, 0.717) is 22.6 Å². The predicted octanol–water partition coefficient (Wildman–Crippen LogP) is 3.97. The van der Waals surface area contributed by atoms with Crippen LogP contribution in [0.15, 0.2) is 36.4 Å². The van der Waals surface area contributed by atoms with E-state index in [4.69, 9.17) is 25.8 Å². The highest BCUT2D eigenvalue weighted by Gasteiger charge is 2.10. The molecule has 0 aliphatic carbocycles. The Morgan fingerprint density at radius 2 is 1.67 bits per heavy atom. The summed E-state index contributed by atoms with van der Waals surface area (Å²) in [7, 11) is 4.46. The highest BCUT2D eigenvalue weighted by molar-refractivity contribution is 6.32. The number of benzene rings is 2. The summed E-state index contributed by atoms with van der Waals surface area (Å²) in [5.41, 5.74) is 1.09. The summed E-state index contributed by atoms with van der Waals surface area (Å²) < 4.78 is 15.4. The van der Waals surface area contributed by atoms with Crippen LogP contribution in [0.25, 0.3) is 6.08 Å². The Morgan fingerprint density at radius 1 is 1.00 bits per heavy atom. The Morgan fingerprint density at radius 3 is 2.29 bits per heavy atom. The summed E-state index contributed by atoms with van der Waals surface area (Å²) in [6.07, 6.45) is 3.00. The summed E-state index contributed by atoms with van der Waals surface area (Å²) in [5.74, 6) is 0.918. The molecule has 0 aliphatic rings. The van der Waals surface area contributed by atoms with Crippen LogP contribution in [0.2, 0.25) is 5.02 Å². The number of carbonyl (C=O) groups excluding carboxylic acids is 1. The van der Waals surface area contributed by atoms with Crippen molar-refractivity contribution in [1.82, 2.24) is 0 Å². The fraction of sp³-hybridized carbons (Fsp3) is 0.167. The number of ketones is 1. The smallest absolute Gasteiger partial charge is 0.185 e. The fourth-order valence-corrected chi connectivity index (χ4v) is 2.32. The summed E-state index contributed by atoms with van der Waals surface area (Å²) >= 11 is 5.92. The van der Waals surface area contributed by atoms with Crippen LogP contribution in [0.1, 0.15) is 15.9 Å². The molecule has 0 unspecified atom stereocenters. The van der Waals surface area contributed by atoms with Gasteiger partial charge in [0.15, 0.2) is 28.8 Å². The molecule has 0 aromatic heterocycles. The number of rotatable bonds is 6. The number of aromatic hydroxyl groups is 1. The molecule has 0 saturated carbocycles. The minimum atomic E-state index is -0.209. The molecule has 0 radical (unpaired) electrons. The number of carbonyl (C=O) groups is 1. The first-order valence-corrected chi connectivity index (χ1v) is 7.39. The number of hydrogen-bond acceptors (Lipinski definition) is 5. The average Bonchev–Trinajstić information content (AvgIpc) is 2.61. The van der Waals surface area contributed by atoms with E-state index in [1.54, 1.807) is 30.3 Å². The zero-order valence-electron chi connectivity index (χ0n) is 13.5. The SMILES string of the molecule is COc1ccc(C(=O)C=Cc2cc(Cl)c(O)c(OC)c2)cc1OC. The quantitative estimate of drug-likeness (QED) is 0.632. The van der Waals surface area contributed by atoms with Gasteiger partial charge < -0.3 is 19.3 Å². The number of halogens is 1. The van der Waals surface area contributed by atoms with E-state index in [1.807, 2.05) is 0 Å². The van der Waals surface area contributed by atoms with Gasteiger partial charge in [-0.2, -0.15) is 0 Å². The molecule has 0 saturated heterocycles. The highest BCUT2D eigenvalue weighted by atomic mass is 35.5. The summed E-state index contributed by atoms with van der Waals surface area (Å²) in [4.78, 5) is 12.3. The number of methoxy groups -OCH3 is 3. The van der Waals surface area contributed by atoms with Crippen molar-refractivity contribution >= 4 is 23.5 Å². The molecular weight excluding hydrogens is 332 g/mol. The first kappa shape index (κ1) is 17.7. The van der Waals surface area contributed by atoms with Crippen molar-refractivity contribution in [2.75, 3.05) is 21.3 Å². The van der Waals surface area contributed by atoms with E-state index in [0.717, 1.165) is 0 Å². The maximum atomic E-state index is 12.3. The minimum Gasteiger partial charge on any atom is -0.503 e. The van der Waals surface area contributed by atoms with Crippen molar-refractivity contribution in [1.29, 1.82) is 0 Å². The molecule has 0 spiro atoms. The standard InChI is InChI=1S/C18H17ClO5/c1-22-15-7-5-12(10-16(15)23-2)14(20)6-4-11-8-13(19)18(21)17(9-11)24-3/h4-10,21H,1-3H3. The van der Waals surface area contributed by atoms with Crippen molar-refractivity contribution in [3.05, 3.63) is 52.6 Å². The lowest BCUT2D eigenvalue weighted by Crippen LogP contribution is -1.97. The van der Waals surface area contributed by atoms with Gasteiger partial charge in [0.05, 0.1) is 26.4 Å². The van der Waals surface area contributed by atoms with Crippen LogP contribution in [0.3, 0.4) is 0 Å². The number of phenolic OH excluding ortho intramolecular Hbond substituents is 1. The van der Waals surface area contributed by atoms with Crippen LogP contribution >= 0.6 is 11.6 Å². The molecular formula is C18H17ClO5. The molecule has 0 heterocycles. The third-order valence-corrected chi connectivity index (χ3v) is 3.65. The molecule has 2 aromatic rings. The van der Waals surface area contributed by atoms with Crippen molar-refractivity contribution in [2.45, 2.75) is 0 Å². The molecule has 0 aliphatic heterocycles. The lowest BCUT2D eigenvalue weighted by molar-refractivity contribution is 0.104. The van der Waals surface area contributed by atoms with Gasteiger partial charge in [-0.25, -0.2) is 0 Å². The van der Waals surface area contributed by atoms with Gasteiger partial charge in [-0.15, -0.1) is 0 Å². The van der Waals surface area contributed by atoms with Gasteiger partial charge in [0.2, 0.25) is 0 Å². The monoisotopic (exact) mass is 348 g/mol. The zero-order valence-corrected chi connectivity index (χ0v) is 14.3. The molecule has 0 fully saturated rings. The molecule has 2 rings (SSSR count). The Bertz CT molecular complexity index is 783. The molecule has 2 aromatic carbocycles. The topological polar surface area (TPSA) is 65.0 Å². The van der Waals surface area contributed by atoms with Crippen LogP contribution in [0, 0.1) is 0 Å². The maximum Gasteiger partial charge on any atom is 0.185 e. The molecule has 24 heavy (non-hydrogen) atoms. The number of ether oxygens (including phenoxy) is 3. The lowest BCUT2D eigenvalue weighted by Gasteiger charge is -2.08. The van der Waals surface area contributed by atoms with E-state index in [-0.39, 0.29) is 22.3 Å². The van der Waals surface area contributed by atoms with Gasteiger partial charge in [-0.05, 0) is 42.0 Å². The van der Waals surface area contributed by atoms with E-state index < -0.39 is 0 Å². The molecule has 126 valence electrons. The number of phenols is 1. The van der Waals surface area contributed by atoms with Crippen LogP contribution in [0.5, 0.6) is 23.0 Å². The normalized spacial score (nSPS) is 10.7. The van der Waals surface area contributed by atoms with E-state index in [2.05, 4.69) is 0 Å². The lowest BCUT2D eigenvalue weighted by atomic mass is 10.1. The van der Waals surface area contributed by atoms with Crippen molar-refractivity contribution in [3.63, 3.8) is 0 Å². The van der Waals surface area contributed by atoms with Gasteiger partial charge in [-0.3, -0.25) is 4.79 Å². The van der Waals surface area contributed by atoms with Crippen LogP contribution in [0.4, 0.5) is 0 Å². The first-order valence-electron chi connectivity index (χ1n) is 7.01.